The van der Waals surface area contributed by atoms with Gasteiger partial charge in [-0.15, -0.1) is 12.4 Å². The fourth-order valence-corrected chi connectivity index (χ4v) is 3.00. The highest BCUT2D eigenvalue weighted by Gasteiger charge is 2.30. The lowest BCUT2D eigenvalue weighted by Gasteiger charge is -2.37. The minimum absolute atomic E-state index is 0. The summed E-state index contributed by atoms with van der Waals surface area (Å²) < 4.78 is 5.34. The third-order valence-electron chi connectivity index (χ3n) is 4.37. The number of piperazine rings is 1. The van der Waals surface area contributed by atoms with Crippen LogP contribution in [-0.2, 0) is 9.53 Å². The molecule has 2 saturated heterocycles. The first kappa shape index (κ1) is 19.5. The zero-order valence-electron chi connectivity index (χ0n) is 14.4. The van der Waals surface area contributed by atoms with E-state index in [-0.39, 0.29) is 30.4 Å². The van der Waals surface area contributed by atoms with E-state index in [0.717, 1.165) is 11.3 Å². The number of nitrogens with one attached hydrogen (secondary N) is 2. The quantitative estimate of drug-likeness (QED) is 0.819. The van der Waals surface area contributed by atoms with Crippen LogP contribution in [0.1, 0.15) is 5.56 Å². The Labute approximate surface area is 154 Å². The molecule has 1 unspecified atom stereocenters. The van der Waals surface area contributed by atoms with Gasteiger partial charge in [-0.1, -0.05) is 12.1 Å². The topological polar surface area (TPSA) is 73.9 Å². The highest BCUT2D eigenvalue weighted by molar-refractivity contribution is 5.89. The highest BCUT2D eigenvalue weighted by atomic mass is 35.5. The van der Waals surface area contributed by atoms with Gasteiger partial charge in [0.05, 0.1) is 13.2 Å². The first-order valence-electron chi connectivity index (χ1n) is 8.36. The molecule has 0 bridgehead atoms. The minimum atomic E-state index is -0.258. The standard InChI is InChI=1S/C17H24N4O3.ClH/c1-13-3-2-4-14(11-13)19-17(23)21-8-6-20(7-9-21)16(22)15-12-24-10-5-18-15;/h2-4,11,15,18H,5-10,12H2,1H3,(H,19,23);1H. The van der Waals surface area contributed by atoms with Crippen molar-refractivity contribution in [2.75, 3.05) is 51.3 Å². The molecule has 3 amide bonds. The van der Waals surface area contributed by atoms with Gasteiger partial charge in [-0.2, -0.15) is 0 Å². The van der Waals surface area contributed by atoms with Crippen LogP contribution in [0.3, 0.4) is 0 Å². The van der Waals surface area contributed by atoms with E-state index < -0.39 is 0 Å². The van der Waals surface area contributed by atoms with Crippen molar-refractivity contribution in [3.05, 3.63) is 29.8 Å². The molecule has 2 aliphatic heterocycles. The van der Waals surface area contributed by atoms with Crippen LogP contribution in [0.4, 0.5) is 10.5 Å². The number of morpholine rings is 1. The Balaban J connectivity index is 0.00000225. The molecule has 2 fully saturated rings. The monoisotopic (exact) mass is 368 g/mol. The van der Waals surface area contributed by atoms with Crippen LogP contribution >= 0.6 is 12.4 Å². The number of hydrogen-bond acceptors (Lipinski definition) is 4. The van der Waals surface area contributed by atoms with Crippen molar-refractivity contribution in [3.63, 3.8) is 0 Å². The molecule has 0 spiro atoms. The van der Waals surface area contributed by atoms with Gasteiger partial charge in [0.2, 0.25) is 5.91 Å². The van der Waals surface area contributed by atoms with Gasteiger partial charge in [0.15, 0.2) is 0 Å². The summed E-state index contributed by atoms with van der Waals surface area (Å²) in [6.45, 7) is 5.95. The molecule has 8 heteroatoms. The number of hydrogen-bond donors (Lipinski definition) is 2. The largest absolute Gasteiger partial charge is 0.378 e. The van der Waals surface area contributed by atoms with E-state index in [4.69, 9.17) is 4.74 Å². The van der Waals surface area contributed by atoms with Gasteiger partial charge in [0, 0.05) is 38.4 Å². The molecule has 1 aromatic rings. The summed E-state index contributed by atoms with van der Waals surface area (Å²) in [6, 6.07) is 7.34. The van der Waals surface area contributed by atoms with Gasteiger partial charge in [-0.05, 0) is 24.6 Å². The number of benzene rings is 1. The smallest absolute Gasteiger partial charge is 0.321 e. The Bertz CT molecular complexity index is 599. The van der Waals surface area contributed by atoms with E-state index in [1.807, 2.05) is 36.1 Å². The Kier molecular flexibility index (Phi) is 7.04. The SMILES string of the molecule is Cc1cccc(NC(=O)N2CCN(C(=O)C3COCCN3)CC2)c1.Cl. The average molecular weight is 369 g/mol. The van der Waals surface area contributed by atoms with Crippen LogP contribution in [0.2, 0.25) is 0 Å². The van der Waals surface area contributed by atoms with Crippen LogP contribution in [0.15, 0.2) is 24.3 Å². The average Bonchev–Trinajstić information content (AvgIpc) is 2.62. The normalized spacial score (nSPS) is 20.6. The second-order valence-electron chi connectivity index (χ2n) is 6.19. The Morgan fingerprint density at radius 3 is 2.56 bits per heavy atom. The molecule has 2 aliphatic rings. The summed E-state index contributed by atoms with van der Waals surface area (Å²) in [5.41, 5.74) is 1.90. The maximum absolute atomic E-state index is 12.4. The van der Waals surface area contributed by atoms with Crippen LogP contribution in [0.5, 0.6) is 0 Å². The van der Waals surface area contributed by atoms with E-state index in [1.54, 1.807) is 4.90 Å². The molecule has 138 valence electrons. The van der Waals surface area contributed by atoms with Crippen molar-refractivity contribution in [3.8, 4) is 0 Å². The summed E-state index contributed by atoms with van der Waals surface area (Å²) >= 11 is 0. The van der Waals surface area contributed by atoms with Crippen LogP contribution < -0.4 is 10.6 Å². The van der Waals surface area contributed by atoms with Gasteiger partial charge in [0.25, 0.3) is 0 Å². The summed E-state index contributed by atoms with van der Waals surface area (Å²) in [6.07, 6.45) is 0. The summed E-state index contributed by atoms with van der Waals surface area (Å²) in [5.74, 6) is 0.0634. The second kappa shape index (κ2) is 9.03. The second-order valence-corrected chi connectivity index (χ2v) is 6.19. The fraction of sp³-hybridized carbons (Fsp3) is 0.529. The summed E-state index contributed by atoms with van der Waals surface area (Å²) in [5, 5.41) is 6.09. The fourth-order valence-electron chi connectivity index (χ4n) is 3.00. The number of halogens is 1. The zero-order valence-corrected chi connectivity index (χ0v) is 15.2. The molecule has 0 aromatic heterocycles. The Morgan fingerprint density at radius 2 is 1.92 bits per heavy atom. The lowest BCUT2D eigenvalue weighted by Crippen LogP contribution is -2.58. The molecule has 7 nitrogen and oxygen atoms in total. The molecule has 0 aliphatic carbocycles. The van der Waals surface area contributed by atoms with E-state index >= 15 is 0 Å². The number of amides is 3. The van der Waals surface area contributed by atoms with Gasteiger partial charge in [-0.25, -0.2) is 4.79 Å². The van der Waals surface area contributed by atoms with E-state index in [2.05, 4.69) is 10.6 Å². The van der Waals surface area contributed by atoms with Crippen molar-refractivity contribution < 1.29 is 14.3 Å². The minimum Gasteiger partial charge on any atom is -0.378 e. The maximum atomic E-state index is 12.4. The first-order chi connectivity index (χ1) is 11.6. The van der Waals surface area contributed by atoms with Crippen molar-refractivity contribution in [2.45, 2.75) is 13.0 Å². The van der Waals surface area contributed by atoms with Crippen LogP contribution in [-0.4, -0.2) is 73.7 Å². The predicted octanol–water partition coefficient (Wildman–Crippen LogP) is 1.08. The number of rotatable bonds is 2. The summed E-state index contributed by atoms with van der Waals surface area (Å²) in [4.78, 5) is 28.3. The number of aryl methyl sites for hydroxylation is 1. The third kappa shape index (κ3) is 5.07. The number of ether oxygens (including phenoxy) is 1. The predicted molar refractivity (Wildman–Crippen MR) is 98.2 cm³/mol. The van der Waals surface area contributed by atoms with Crippen LogP contribution in [0, 0.1) is 6.92 Å². The maximum Gasteiger partial charge on any atom is 0.321 e. The van der Waals surface area contributed by atoms with Gasteiger partial charge in [-0.3, -0.25) is 4.79 Å². The molecular weight excluding hydrogens is 344 g/mol. The lowest BCUT2D eigenvalue weighted by molar-refractivity contribution is -0.137. The van der Waals surface area contributed by atoms with Gasteiger partial charge in [0.1, 0.15) is 6.04 Å². The van der Waals surface area contributed by atoms with Crippen molar-refractivity contribution in [1.82, 2.24) is 15.1 Å². The van der Waals surface area contributed by atoms with Crippen molar-refractivity contribution in [1.29, 1.82) is 0 Å². The van der Waals surface area contributed by atoms with Gasteiger partial charge >= 0.3 is 6.03 Å². The van der Waals surface area contributed by atoms with Crippen molar-refractivity contribution >= 4 is 30.0 Å². The summed E-state index contributed by atoms with van der Waals surface area (Å²) in [7, 11) is 0. The number of carbonyl (C=O) groups is 2. The molecular formula is C17H25ClN4O3. The number of anilines is 1. The van der Waals surface area contributed by atoms with Gasteiger partial charge < -0.3 is 25.2 Å². The third-order valence-corrected chi connectivity index (χ3v) is 4.37. The molecule has 0 radical (unpaired) electrons. The molecule has 2 heterocycles. The number of urea groups is 1. The molecule has 1 aromatic carbocycles. The molecule has 2 N–H and O–H groups in total. The van der Waals surface area contributed by atoms with Crippen LogP contribution in [0.25, 0.3) is 0 Å². The lowest BCUT2D eigenvalue weighted by atomic mass is 10.2. The molecule has 0 saturated carbocycles. The van der Waals surface area contributed by atoms with E-state index in [1.165, 1.54) is 0 Å². The number of carbonyl (C=O) groups excluding carboxylic acids is 2. The van der Waals surface area contributed by atoms with E-state index in [9.17, 15) is 9.59 Å². The number of nitrogens with zero attached hydrogens (tertiary/aromatic N) is 2. The Morgan fingerprint density at radius 1 is 1.20 bits per heavy atom. The van der Waals surface area contributed by atoms with Crippen molar-refractivity contribution in [2.24, 2.45) is 0 Å². The zero-order chi connectivity index (χ0) is 16.9. The molecule has 3 rings (SSSR count). The highest BCUT2D eigenvalue weighted by Crippen LogP contribution is 2.12. The first-order valence-corrected chi connectivity index (χ1v) is 8.36. The molecule has 1 atom stereocenters. The Hall–Kier alpha value is -1.83. The molecule has 25 heavy (non-hydrogen) atoms. The van der Waals surface area contributed by atoms with E-state index in [0.29, 0.717) is 45.9 Å².